The fourth-order valence-corrected chi connectivity index (χ4v) is 1.23. The molecule has 3 nitrogen and oxygen atoms in total. The molecule has 76 valence electrons. The topological polar surface area (TPSA) is 49.9 Å². The Morgan fingerprint density at radius 3 is 2.50 bits per heavy atom. The molecular formula is C7H3Cl2F2NO2. The third kappa shape index (κ3) is 1.93. The smallest absolute Gasteiger partial charge is 0.270 e. The summed E-state index contributed by atoms with van der Waals surface area (Å²) >= 11 is 10.3. The first kappa shape index (κ1) is 11.1. The third-order valence-electron chi connectivity index (χ3n) is 1.50. The summed E-state index contributed by atoms with van der Waals surface area (Å²) in [7, 11) is 0. The second-order valence-corrected chi connectivity index (χ2v) is 3.05. The Balaban J connectivity index is 3.50. The van der Waals surface area contributed by atoms with Gasteiger partial charge in [0.1, 0.15) is 10.7 Å². The largest absolute Gasteiger partial charge is 0.351 e. The highest BCUT2D eigenvalue weighted by molar-refractivity contribution is 6.67. The maximum absolute atomic E-state index is 12.3. The maximum Gasteiger partial charge on any atom is 0.270 e. The minimum absolute atomic E-state index is 0.494. The number of pyridine rings is 1. The van der Waals surface area contributed by atoms with E-state index in [0.717, 1.165) is 6.20 Å². The number of aromatic nitrogens is 1. The quantitative estimate of drug-likeness (QED) is 0.639. The number of alkyl halides is 2. The van der Waals surface area contributed by atoms with Crippen LogP contribution in [0.15, 0.2) is 11.0 Å². The van der Waals surface area contributed by atoms with Crippen LogP contribution in [-0.2, 0) is 0 Å². The van der Waals surface area contributed by atoms with Gasteiger partial charge in [0.05, 0.1) is 5.56 Å². The van der Waals surface area contributed by atoms with Crippen LogP contribution in [0.4, 0.5) is 8.78 Å². The van der Waals surface area contributed by atoms with Crippen molar-refractivity contribution < 1.29 is 13.6 Å². The molecule has 0 bridgehead atoms. The maximum atomic E-state index is 12.3. The SMILES string of the molecule is O=C(Cl)c1c[nH]c(Cl)c(C(F)F)c1=O. The first-order valence-electron chi connectivity index (χ1n) is 3.34. The molecule has 0 atom stereocenters. The average molecular weight is 242 g/mol. The molecule has 0 saturated heterocycles. The van der Waals surface area contributed by atoms with Crippen LogP contribution in [0.5, 0.6) is 0 Å². The first-order chi connectivity index (χ1) is 6.45. The molecular weight excluding hydrogens is 239 g/mol. The number of rotatable bonds is 2. The molecule has 0 spiro atoms. The van der Waals surface area contributed by atoms with Crippen molar-refractivity contribution in [1.29, 1.82) is 0 Å². The summed E-state index contributed by atoms with van der Waals surface area (Å²) in [6, 6.07) is 0. The molecule has 0 aliphatic heterocycles. The van der Waals surface area contributed by atoms with Gasteiger partial charge in [0.25, 0.3) is 11.7 Å². The number of carbonyl (C=O) groups is 1. The van der Waals surface area contributed by atoms with Crippen molar-refractivity contribution in [2.24, 2.45) is 0 Å². The van der Waals surface area contributed by atoms with Crippen LogP contribution < -0.4 is 5.43 Å². The minimum atomic E-state index is -3.05. The lowest BCUT2D eigenvalue weighted by Crippen LogP contribution is -2.18. The van der Waals surface area contributed by atoms with Gasteiger partial charge in [0.2, 0.25) is 5.43 Å². The second-order valence-electron chi connectivity index (χ2n) is 2.33. The van der Waals surface area contributed by atoms with Crippen molar-refractivity contribution in [3.05, 3.63) is 32.7 Å². The van der Waals surface area contributed by atoms with E-state index in [4.69, 9.17) is 23.2 Å². The van der Waals surface area contributed by atoms with E-state index in [9.17, 15) is 18.4 Å². The minimum Gasteiger partial charge on any atom is -0.351 e. The molecule has 1 heterocycles. The van der Waals surface area contributed by atoms with Crippen LogP contribution in [-0.4, -0.2) is 10.2 Å². The molecule has 1 rings (SSSR count). The molecule has 0 saturated carbocycles. The second kappa shape index (κ2) is 4.06. The predicted molar refractivity (Wildman–Crippen MR) is 47.2 cm³/mol. The molecule has 0 fully saturated rings. The molecule has 0 aliphatic carbocycles. The summed E-state index contributed by atoms with van der Waals surface area (Å²) in [5.74, 6) is 0. The van der Waals surface area contributed by atoms with Gasteiger partial charge in [-0.2, -0.15) is 0 Å². The van der Waals surface area contributed by atoms with Gasteiger partial charge >= 0.3 is 0 Å². The normalized spacial score (nSPS) is 10.6. The molecule has 0 unspecified atom stereocenters. The Kier molecular flexibility index (Phi) is 3.23. The van der Waals surface area contributed by atoms with E-state index < -0.39 is 33.4 Å². The monoisotopic (exact) mass is 241 g/mol. The Labute approximate surface area is 86.6 Å². The lowest BCUT2D eigenvalue weighted by Gasteiger charge is -2.02. The molecule has 1 aromatic rings. The van der Waals surface area contributed by atoms with Crippen LogP contribution in [0.3, 0.4) is 0 Å². The first-order valence-corrected chi connectivity index (χ1v) is 4.09. The van der Waals surface area contributed by atoms with Crippen molar-refractivity contribution in [3.63, 3.8) is 0 Å². The van der Waals surface area contributed by atoms with E-state index in [1.807, 2.05) is 0 Å². The van der Waals surface area contributed by atoms with Crippen molar-refractivity contribution in [1.82, 2.24) is 4.98 Å². The number of aromatic amines is 1. The van der Waals surface area contributed by atoms with Crippen LogP contribution in [0, 0.1) is 0 Å². The zero-order chi connectivity index (χ0) is 10.9. The van der Waals surface area contributed by atoms with Gasteiger partial charge in [0, 0.05) is 6.20 Å². The van der Waals surface area contributed by atoms with E-state index in [0.29, 0.717) is 0 Å². The van der Waals surface area contributed by atoms with Gasteiger partial charge in [0.15, 0.2) is 0 Å². The number of halogens is 4. The van der Waals surface area contributed by atoms with E-state index in [-0.39, 0.29) is 0 Å². The van der Waals surface area contributed by atoms with Crippen molar-refractivity contribution in [2.45, 2.75) is 6.43 Å². The Morgan fingerprint density at radius 1 is 1.50 bits per heavy atom. The molecule has 1 aromatic heterocycles. The fourth-order valence-electron chi connectivity index (χ4n) is 0.864. The van der Waals surface area contributed by atoms with Crippen LogP contribution in [0.2, 0.25) is 5.15 Å². The molecule has 7 heteroatoms. The van der Waals surface area contributed by atoms with Crippen molar-refractivity contribution in [3.8, 4) is 0 Å². The van der Waals surface area contributed by atoms with Gasteiger partial charge in [-0.15, -0.1) is 0 Å². The van der Waals surface area contributed by atoms with E-state index in [1.54, 1.807) is 0 Å². The van der Waals surface area contributed by atoms with Crippen molar-refractivity contribution in [2.75, 3.05) is 0 Å². The van der Waals surface area contributed by atoms with Crippen LogP contribution >= 0.6 is 23.2 Å². The van der Waals surface area contributed by atoms with Crippen LogP contribution in [0.1, 0.15) is 22.3 Å². The summed E-state index contributed by atoms with van der Waals surface area (Å²) in [6.45, 7) is 0. The van der Waals surface area contributed by atoms with E-state index >= 15 is 0 Å². The number of H-pyrrole nitrogens is 1. The van der Waals surface area contributed by atoms with Gasteiger partial charge in [-0.05, 0) is 11.6 Å². The summed E-state index contributed by atoms with van der Waals surface area (Å²) in [4.78, 5) is 23.9. The molecule has 1 N–H and O–H groups in total. The predicted octanol–water partition coefficient (Wildman–Crippen LogP) is 2.34. The highest BCUT2D eigenvalue weighted by Gasteiger charge is 2.21. The lowest BCUT2D eigenvalue weighted by atomic mass is 10.2. The summed E-state index contributed by atoms with van der Waals surface area (Å²) < 4.78 is 24.5. The highest BCUT2D eigenvalue weighted by Crippen LogP contribution is 2.22. The van der Waals surface area contributed by atoms with Gasteiger partial charge in [-0.3, -0.25) is 9.59 Å². The Bertz CT molecular complexity index is 430. The number of hydrogen-bond acceptors (Lipinski definition) is 2. The number of hydrogen-bond donors (Lipinski definition) is 1. The van der Waals surface area contributed by atoms with E-state index in [1.165, 1.54) is 0 Å². The molecule has 14 heavy (non-hydrogen) atoms. The summed E-state index contributed by atoms with van der Waals surface area (Å²) in [5.41, 5.74) is -2.65. The number of carbonyl (C=O) groups excluding carboxylic acids is 1. The molecule has 0 aliphatic rings. The zero-order valence-electron chi connectivity index (χ0n) is 6.48. The van der Waals surface area contributed by atoms with Gasteiger partial charge in [-0.1, -0.05) is 11.6 Å². The fraction of sp³-hybridized carbons (Fsp3) is 0.143. The van der Waals surface area contributed by atoms with E-state index in [2.05, 4.69) is 4.98 Å². The van der Waals surface area contributed by atoms with Gasteiger partial charge < -0.3 is 4.98 Å². The molecule has 0 aromatic carbocycles. The zero-order valence-corrected chi connectivity index (χ0v) is 7.99. The molecule has 0 radical (unpaired) electrons. The highest BCUT2D eigenvalue weighted by atomic mass is 35.5. The van der Waals surface area contributed by atoms with Crippen molar-refractivity contribution >= 4 is 28.4 Å². The Morgan fingerprint density at radius 2 is 2.07 bits per heavy atom. The number of nitrogens with one attached hydrogen (secondary N) is 1. The lowest BCUT2D eigenvalue weighted by molar-refractivity contribution is 0.107. The third-order valence-corrected chi connectivity index (χ3v) is 2.02. The van der Waals surface area contributed by atoms with Gasteiger partial charge in [-0.25, -0.2) is 8.78 Å². The van der Waals surface area contributed by atoms with Crippen LogP contribution in [0.25, 0.3) is 0 Å². The average Bonchev–Trinajstić information content (AvgIpc) is 2.02. The Hall–Kier alpha value is -0.940. The summed E-state index contributed by atoms with van der Waals surface area (Å²) in [6.07, 6.45) is -2.16. The standard InChI is InChI=1S/C7H3Cl2F2NO2/c8-5-3(7(10)11)4(13)2(1-12-5)6(9)14/h1,7H,(H,12,13). The summed E-state index contributed by atoms with van der Waals surface area (Å²) in [5, 5.41) is -1.60. The molecule has 0 amide bonds.